The van der Waals surface area contributed by atoms with Crippen LogP contribution in [0, 0.1) is 5.92 Å². The molecule has 1 fully saturated rings. The van der Waals surface area contributed by atoms with Crippen LogP contribution in [0.15, 0.2) is 41.4 Å². The van der Waals surface area contributed by atoms with Gasteiger partial charge in [-0.05, 0) is 38.0 Å². The second kappa shape index (κ2) is 12.2. The Kier molecular flexibility index (Phi) is 9.00. The van der Waals surface area contributed by atoms with Gasteiger partial charge in [-0.1, -0.05) is 18.2 Å². The van der Waals surface area contributed by atoms with Crippen molar-refractivity contribution in [3.63, 3.8) is 0 Å². The van der Waals surface area contributed by atoms with Crippen LogP contribution in [-0.4, -0.2) is 63.6 Å². The number of nitrogens with zero attached hydrogens (tertiary/aromatic N) is 2. The molecule has 0 saturated carbocycles. The lowest BCUT2D eigenvalue weighted by atomic mass is 10.1. The van der Waals surface area contributed by atoms with E-state index in [1.54, 1.807) is 0 Å². The van der Waals surface area contributed by atoms with Gasteiger partial charge in [-0.25, -0.2) is 4.98 Å². The minimum Gasteiger partial charge on any atom is -0.381 e. The normalized spacial score (nSPS) is 16.9. The number of hydrogen-bond acceptors (Lipinski definition) is 5. The van der Waals surface area contributed by atoms with Crippen molar-refractivity contribution >= 4 is 22.7 Å². The van der Waals surface area contributed by atoms with Crippen LogP contribution in [0.1, 0.15) is 19.8 Å². The van der Waals surface area contributed by atoms with Gasteiger partial charge in [-0.2, -0.15) is 0 Å². The topological polar surface area (TPSA) is 79.8 Å². The molecule has 1 unspecified atom stereocenters. The van der Waals surface area contributed by atoms with E-state index in [9.17, 15) is 0 Å². The highest BCUT2D eigenvalue weighted by Gasteiger charge is 2.15. The van der Waals surface area contributed by atoms with Crippen LogP contribution >= 0.6 is 0 Å². The summed E-state index contributed by atoms with van der Waals surface area (Å²) < 4.78 is 11.1. The number of aromatic nitrogens is 1. The Morgan fingerprint density at radius 2 is 2.14 bits per heavy atom. The number of hydrogen-bond donors (Lipinski definition) is 3. The predicted molar refractivity (Wildman–Crippen MR) is 119 cm³/mol. The summed E-state index contributed by atoms with van der Waals surface area (Å²) in [7, 11) is 0. The van der Waals surface area contributed by atoms with E-state index in [0.29, 0.717) is 5.92 Å². The number of nitrogens with one attached hydrogen (secondary N) is 3. The number of benzene rings is 1. The van der Waals surface area contributed by atoms with E-state index in [2.05, 4.69) is 45.0 Å². The van der Waals surface area contributed by atoms with E-state index < -0.39 is 0 Å². The monoisotopic (exact) mass is 399 g/mol. The first-order chi connectivity index (χ1) is 14.3. The number of para-hydroxylation sites is 1. The Balaban J connectivity index is 1.31. The van der Waals surface area contributed by atoms with Gasteiger partial charge in [-0.3, -0.25) is 4.99 Å². The first-order valence-electron chi connectivity index (χ1n) is 10.6. The molecule has 0 aliphatic carbocycles. The molecule has 158 valence electrons. The molecule has 1 atom stereocenters. The third-order valence-corrected chi connectivity index (χ3v) is 4.76. The largest absolute Gasteiger partial charge is 0.381 e. The lowest BCUT2D eigenvalue weighted by Crippen LogP contribution is -2.39. The number of ether oxygens (including phenoxy) is 2. The van der Waals surface area contributed by atoms with Crippen LogP contribution in [0.2, 0.25) is 0 Å². The molecule has 1 saturated heterocycles. The maximum atomic E-state index is 5.73. The van der Waals surface area contributed by atoms with Gasteiger partial charge < -0.3 is 25.4 Å². The summed E-state index contributed by atoms with van der Waals surface area (Å²) in [6.07, 6.45) is 2.04. The zero-order valence-corrected chi connectivity index (χ0v) is 17.3. The van der Waals surface area contributed by atoms with Gasteiger partial charge in [0.2, 0.25) is 0 Å². The highest BCUT2D eigenvalue weighted by Crippen LogP contribution is 2.14. The molecule has 0 spiro atoms. The molecule has 0 radical (unpaired) electrons. The van der Waals surface area contributed by atoms with E-state index in [1.165, 1.54) is 0 Å². The molecule has 2 heterocycles. The van der Waals surface area contributed by atoms with Crippen LogP contribution in [-0.2, 0) is 9.47 Å². The number of pyridine rings is 1. The highest BCUT2D eigenvalue weighted by molar-refractivity contribution is 5.80. The zero-order valence-electron chi connectivity index (χ0n) is 17.3. The summed E-state index contributed by atoms with van der Waals surface area (Å²) in [5.41, 5.74) is 1.00. The van der Waals surface area contributed by atoms with Crippen molar-refractivity contribution in [2.75, 3.05) is 57.9 Å². The Morgan fingerprint density at radius 1 is 1.21 bits per heavy atom. The van der Waals surface area contributed by atoms with Crippen molar-refractivity contribution in [3.8, 4) is 0 Å². The molecule has 3 N–H and O–H groups in total. The third kappa shape index (κ3) is 7.51. The molecule has 2 aromatic rings. The first kappa shape index (κ1) is 21.3. The van der Waals surface area contributed by atoms with Crippen LogP contribution < -0.4 is 16.0 Å². The van der Waals surface area contributed by atoms with Crippen molar-refractivity contribution < 1.29 is 9.47 Å². The zero-order chi connectivity index (χ0) is 20.2. The molecule has 0 bridgehead atoms. The molecule has 1 aromatic heterocycles. The van der Waals surface area contributed by atoms with E-state index in [-0.39, 0.29) is 0 Å². The van der Waals surface area contributed by atoms with Crippen molar-refractivity contribution in [3.05, 3.63) is 36.4 Å². The molecule has 1 aliphatic rings. The molecule has 7 nitrogen and oxygen atoms in total. The maximum Gasteiger partial charge on any atom is 0.191 e. The summed E-state index contributed by atoms with van der Waals surface area (Å²) >= 11 is 0. The van der Waals surface area contributed by atoms with Crippen LogP contribution in [0.25, 0.3) is 10.9 Å². The van der Waals surface area contributed by atoms with Crippen LogP contribution in [0.4, 0.5) is 5.82 Å². The fourth-order valence-electron chi connectivity index (χ4n) is 3.20. The molecule has 3 rings (SSSR count). The lowest BCUT2D eigenvalue weighted by molar-refractivity contribution is 0.0893. The Hall–Kier alpha value is -2.38. The van der Waals surface area contributed by atoms with E-state index >= 15 is 0 Å². The lowest BCUT2D eigenvalue weighted by Gasteiger charge is -2.12. The maximum absolute atomic E-state index is 5.73. The first-order valence-corrected chi connectivity index (χ1v) is 10.6. The quantitative estimate of drug-likeness (QED) is 0.306. The van der Waals surface area contributed by atoms with Gasteiger partial charge in [0.25, 0.3) is 0 Å². The minimum absolute atomic E-state index is 0.571. The van der Waals surface area contributed by atoms with Gasteiger partial charge in [0, 0.05) is 50.7 Å². The molecular formula is C22H33N5O2. The highest BCUT2D eigenvalue weighted by atomic mass is 16.5. The summed E-state index contributed by atoms with van der Waals surface area (Å²) in [5, 5.41) is 11.1. The number of anilines is 1. The number of aliphatic imine (C=N–C) groups is 1. The average Bonchev–Trinajstić information content (AvgIpc) is 3.27. The summed E-state index contributed by atoms with van der Waals surface area (Å²) in [6.45, 7) is 8.45. The second-order valence-electron chi connectivity index (χ2n) is 7.16. The van der Waals surface area contributed by atoms with Gasteiger partial charge >= 0.3 is 0 Å². The van der Waals surface area contributed by atoms with Crippen molar-refractivity contribution in [1.82, 2.24) is 15.6 Å². The van der Waals surface area contributed by atoms with E-state index in [4.69, 9.17) is 9.47 Å². The Labute approximate surface area is 173 Å². The van der Waals surface area contributed by atoms with Crippen molar-refractivity contribution in [2.45, 2.75) is 19.8 Å². The second-order valence-corrected chi connectivity index (χ2v) is 7.16. The standard InChI is InChI=1S/C22H33N5O2/c1-2-23-22(25-11-5-14-28-16-18-10-15-29-17-18)26-13-12-24-21-9-8-19-6-3-4-7-20(19)27-21/h3-4,6-9,18H,2,5,10-17H2,1H3,(H,24,27)(H2,23,25,26). The van der Waals surface area contributed by atoms with Gasteiger partial charge in [0.1, 0.15) is 5.82 Å². The van der Waals surface area contributed by atoms with Gasteiger partial charge in [0.15, 0.2) is 5.96 Å². The summed E-state index contributed by atoms with van der Waals surface area (Å²) in [4.78, 5) is 9.24. The average molecular weight is 400 g/mol. The number of rotatable bonds is 11. The summed E-state index contributed by atoms with van der Waals surface area (Å²) in [6, 6.07) is 12.2. The van der Waals surface area contributed by atoms with Crippen molar-refractivity contribution in [1.29, 1.82) is 0 Å². The molecule has 1 aromatic carbocycles. The molecule has 1 aliphatic heterocycles. The number of guanidine groups is 1. The van der Waals surface area contributed by atoms with Crippen LogP contribution in [0.3, 0.4) is 0 Å². The van der Waals surface area contributed by atoms with E-state index in [0.717, 1.165) is 88.1 Å². The molecule has 0 amide bonds. The summed E-state index contributed by atoms with van der Waals surface area (Å²) in [5.74, 6) is 2.30. The Morgan fingerprint density at radius 3 is 3.00 bits per heavy atom. The van der Waals surface area contributed by atoms with E-state index in [1.807, 2.05) is 24.3 Å². The fraction of sp³-hybridized carbons (Fsp3) is 0.545. The van der Waals surface area contributed by atoms with Crippen LogP contribution in [0.5, 0.6) is 0 Å². The van der Waals surface area contributed by atoms with Crippen molar-refractivity contribution in [2.24, 2.45) is 10.9 Å². The third-order valence-electron chi connectivity index (χ3n) is 4.76. The van der Waals surface area contributed by atoms with Gasteiger partial charge in [0.05, 0.1) is 18.7 Å². The minimum atomic E-state index is 0.571. The molecular weight excluding hydrogens is 366 g/mol. The fourth-order valence-corrected chi connectivity index (χ4v) is 3.20. The van der Waals surface area contributed by atoms with Gasteiger partial charge in [-0.15, -0.1) is 0 Å². The molecule has 7 heteroatoms. The molecule has 29 heavy (non-hydrogen) atoms. The smallest absolute Gasteiger partial charge is 0.191 e. The SMILES string of the molecule is CCNC(=NCCCOCC1CCOC1)NCCNc1ccc2ccccc2n1. The predicted octanol–water partition coefficient (Wildman–Crippen LogP) is 2.65. The Bertz CT molecular complexity index is 762. The number of fused-ring (bicyclic) bond motifs is 1.